The number of aryl methyl sites for hydroxylation is 1. The minimum atomic E-state index is 0.0429. The number of fused-ring (bicyclic) bond motifs is 1. The molecule has 0 aliphatic carbocycles. The van der Waals surface area contributed by atoms with Gasteiger partial charge in [-0.15, -0.1) is 0 Å². The first kappa shape index (κ1) is 12.2. The van der Waals surface area contributed by atoms with Gasteiger partial charge >= 0.3 is 0 Å². The zero-order chi connectivity index (χ0) is 11.4. The maximum atomic E-state index is 6.15. The molecule has 1 aromatic carbocycles. The topological polar surface area (TPSA) is 9.23 Å². The summed E-state index contributed by atoms with van der Waals surface area (Å²) in [6.45, 7) is 2.25. The van der Waals surface area contributed by atoms with E-state index in [1.54, 1.807) is 0 Å². The standard InChI is InChI=1S/C14H19IO/c1-2-3-6-10-14(15)11-9-12-7-4-5-8-13(12)16-14/h4-5,7-8H,2-3,6,9-11H2,1H3. The van der Waals surface area contributed by atoms with E-state index >= 15 is 0 Å². The lowest BCUT2D eigenvalue weighted by atomic mass is 9.99. The van der Waals surface area contributed by atoms with E-state index < -0.39 is 0 Å². The van der Waals surface area contributed by atoms with Crippen LogP contribution in [0.15, 0.2) is 24.3 Å². The number of hydrogen-bond acceptors (Lipinski definition) is 1. The van der Waals surface area contributed by atoms with Crippen molar-refractivity contribution in [2.45, 2.75) is 49.1 Å². The predicted octanol–water partition coefficient (Wildman–Crippen LogP) is 4.72. The molecule has 1 aliphatic rings. The van der Waals surface area contributed by atoms with Crippen LogP contribution in [0.1, 0.15) is 44.6 Å². The normalized spacial score (nSPS) is 23.6. The molecular formula is C14H19IO. The Morgan fingerprint density at radius 2 is 2.12 bits per heavy atom. The smallest absolute Gasteiger partial charge is 0.159 e. The van der Waals surface area contributed by atoms with Crippen LogP contribution in [-0.4, -0.2) is 3.61 Å². The lowest BCUT2D eigenvalue weighted by Crippen LogP contribution is -2.32. The quantitative estimate of drug-likeness (QED) is 0.441. The zero-order valence-electron chi connectivity index (χ0n) is 9.84. The molecule has 0 saturated heterocycles. The summed E-state index contributed by atoms with van der Waals surface area (Å²) in [6, 6.07) is 8.44. The summed E-state index contributed by atoms with van der Waals surface area (Å²) in [7, 11) is 0. The van der Waals surface area contributed by atoms with Crippen molar-refractivity contribution in [1.29, 1.82) is 0 Å². The number of halogens is 1. The Morgan fingerprint density at radius 3 is 2.94 bits per heavy atom. The van der Waals surface area contributed by atoms with E-state index in [0.717, 1.165) is 18.6 Å². The number of unbranched alkanes of at least 4 members (excludes halogenated alkanes) is 2. The molecule has 0 spiro atoms. The van der Waals surface area contributed by atoms with Gasteiger partial charge in [-0.1, -0.05) is 38.0 Å². The first-order valence-electron chi connectivity index (χ1n) is 6.19. The van der Waals surface area contributed by atoms with Crippen LogP contribution in [0.5, 0.6) is 5.75 Å². The Hall–Kier alpha value is -0.250. The highest BCUT2D eigenvalue weighted by Gasteiger charge is 2.32. The number of benzene rings is 1. The van der Waals surface area contributed by atoms with Crippen molar-refractivity contribution in [1.82, 2.24) is 0 Å². The van der Waals surface area contributed by atoms with Gasteiger partial charge in [0.25, 0.3) is 0 Å². The van der Waals surface area contributed by atoms with E-state index in [0.29, 0.717) is 0 Å². The summed E-state index contributed by atoms with van der Waals surface area (Å²) in [4.78, 5) is 0. The van der Waals surface area contributed by atoms with Gasteiger partial charge in [0.2, 0.25) is 0 Å². The largest absolute Gasteiger partial charge is 0.477 e. The van der Waals surface area contributed by atoms with Crippen LogP contribution >= 0.6 is 22.6 Å². The maximum absolute atomic E-state index is 6.15. The van der Waals surface area contributed by atoms with Gasteiger partial charge in [-0.05, 0) is 53.5 Å². The van der Waals surface area contributed by atoms with Crippen molar-refractivity contribution in [2.75, 3.05) is 0 Å². The molecule has 1 heterocycles. The second-order valence-electron chi connectivity index (χ2n) is 4.55. The van der Waals surface area contributed by atoms with Crippen LogP contribution < -0.4 is 4.74 Å². The second kappa shape index (κ2) is 5.39. The van der Waals surface area contributed by atoms with Gasteiger partial charge in [0.05, 0.1) is 0 Å². The molecule has 1 unspecified atom stereocenters. The summed E-state index contributed by atoms with van der Waals surface area (Å²) in [6.07, 6.45) is 7.36. The van der Waals surface area contributed by atoms with E-state index in [1.807, 2.05) is 0 Å². The van der Waals surface area contributed by atoms with Gasteiger partial charge < -0.3 is 4.74 Å². The monoisotopic (exact) mass is 330 g/mol. The third-order valence-electron chi connectivity index (χ3n) is 3.19. The van der Waals surface area contributed by atoms with Crippen molar-refractivity contribution >= 4 is 22.6 Å². The van der Waals surface area contributed by atoms with Gasteiger partial charge in [-0.2, -0.15) is 0 Å². The van der Waals surface area contributed by atoms with Gasteiger partial charge in [-0.3, -0.25) is 0 Å². The highest BCUT2D eigenvalue weighted by Crippen LogP contribution is 2.40. The number of hydrogen-bond donors (Lipinski definition) is 0. The van der Waals surface area contributed by atoms with Crippen LogP contribution in [0.4, 0.5) is 0 Å². The molecule has 0 saturated carbocycles. The number of para-hydroxylation sites is 1. The molecule has 1 aromatic rings. The average Bonchev–Trinajstić information content (AvgIpc) is 2.29. The molecule has 0 bridgehead atoms. The van der Waals surface area contributed by atoms with Gasteiger partial charge in [0, 0.05) is 6.42 Å². The van der Waals surface area contributed by atoms with Crippen LogP contribution in [0.3, 0.4) is 0 Å². The van der Waals surface area contributed by atoms with Crippen molar-refractivity contribution in [3.63, 3.8) is 0 Å². The molecule has 2 heteroatoms. The summed E-state index contributed by atoms with van der Waals surface area (Å²) >= 11 is 2.50. The summed E-state index contributed by atoms with van der Waals surface area (Å²) in [5.74, 6) is 1.10. The molecule has 0 fully saturated rings. The van der Waals surface area contributed by atoms with Crippen molar-refractivity contribution < 1.29 is 4.74 Å². The second-order valence-corrected chi connectivity index (χ2v) is 6.52. The molecule has 16 heavy (non-hydrogen) atoms. The third kappa shape index (κ3) is 2.90. The highest BCUT2D eigenvalue weighted by molar-refractivity contribution is 14.1. The molecule has 1 atom stereocenters. The fourth-order valence-corrected chi connectivity index (χ4v) is 3.08. The van der Waals surface area contributed by atoms with E-state index in [4.69, 9.17) is 4.74 Å². The van der Waals surface area contributed by atoms with Crippen molar-refractivity contribution in [2.24, 2.45) is 0 Å². The Balaban J connectivity index is 2.00. The Labute approximate surface area is 112 Å². The van der Waals surface area contributed by atoms with Gasteiger partial charge in [0.15, 0.2) is 3.61 Å². The molecule has 0 N–H and O–H groups in total. The van der Waals surface area contributed by atoms with E-state index in [9.17, 15) is 0 Å². The first-order valence-corrected chi connectivity index (χ1v) is 7.27. The Morgan fingerprint density at radius 1 is 1.31 bits per heavy atom. The molecule has 0 amide bonds. The van der Waals surface area contributed by atoms with Crippen molar-refractivity contribution in [3.05, 3.63) is 29.8 Å². The lowest BCUT2D eigenvalue weighted by Gasteiger charge is -2.34. The average molecular weight is 330 g/mol. The molecule has 0 aromatic heterocycles. The van der Waals surface area contributed by atoms with E-state index in [2.05, 4.69) is 53.8 Å². The molecular weight excluding hydrogens is 311 g/mol. The molecule has 88 valence electrons. The third-order valence-corrected chi connectivity index (χ3v) is 4.49. The molecule has 1 aliphatic heterocycles. The zero-order valence-corrected chi connectivity index (χ0v) is 12.0. The fourth-order valence-electron chi connectivity index (χ4n) is 2.19. The predicted molar refractivity (Wildman–Crippen MR) is 76.3 cm³/mol. The van der Waals surface area contributed by atoms with Crippen LogP contribution in [-0.2, 0) is 6.42 Å². The summed E-state index contributed by atoms with van der Waals surface area (Å²) in [5, 5.41) is 0. The molecule has 0 radical (unpaired) electrons. The van der Waals surface area contributed by atoms with E-state index in [1.165, 1.54) is 31.2 Å². The SMILES string of the molecule is CCCCCC1(I)CCc2ccccc2O1. The van der Waals surface area contributed by atoms with Crippen molar-refractivity contribution in [3.8, 4) is 5.75 Å². The number of ether oxygens (including phenoxy) is 1. The van der Waals surface area contributed by atoms with Gasteiger partial charge in [-0.25, -0.2) is 0 Å². The molecule has 2 rings (SSSR count). The first-order chi connectivity index (χ1) is 7.73. The van der Waals surface area contributed by atoms with Crippen LogP contribution in [0.2, 0.25) is 0 Å². The number of rotatable bonds is 4. The fraction of sp³-hybridized carbons (Fsp3) is 0.571. The Kier molecular flexibility index (Phi) is 4.11. The number of alkyl halides is 1. The van der Waals surface area contributed by atoms with Gasteiger partial charge in [0.1, 0.15) is 5.75 Å². The van der Waals surface area contributed by atoms with E-state index in [-0.39, 0.29) is 3.61 Å². The summed E-state index contributed by atoms with van der Waals surface area (Å²) in [5.41, 5.74) is 1.37. The van der Waals surface area contributed by atoms with Crippen LogP contribution in [0.25, 0.3) is 0 Å². The highest BCUT2D eigenvalue weighted by atomic mass is 127. The van der Waals surface area contributed by atoms with Crippen LogP contribution in [0, 0.1) is 0 Å². The summed E-state index contributed by atoms with van der Waals surface area (Å²) < 4.78 is 6.20. The lowest BCUT2D eigenvalue weighted by molar-refractivity contribution is 0.143. The molecule has 1 nitrogen and oxygen atoms in total. The maximum Gasteiger partial charge on any atom is 0.159 e. The minimum absolute atomic E-state index is 0.0429. The minimum Gasteiger partial charge on any atom is -0.477 e. The Bertz CT molecular complexity index is 350.